The van der Waals surface area contributed by atoms with Crippen molar-refractivity contribution < 1.29 is 4.39 Å². The lowest BCUT2D eigenvalue weighted by molar-refractivity contribution is 0.628. The first-order valence-corrected chi connectivity index (χ1v) is 5.27. The first-order valence-electron chi connectivity index (χ1n) is 4.89. The lowest BCUT2D eigenvalue weighted by Crippen LogP contribution is -1.90. The molecule has 0 radical (unpaired) electrons. The van der Waals surface area contributed by atoms with E-state index in [1.165, 1.54) is 12.1 Å². The highest BCUT2D eigenvalue weighted by Gasteiger charge is 2.07. The molecule has 0 saturated heterocycles. The third-order valence-corrected chi connectivity index (χ3v) is 2.80. The van der Waals surface area contributed by atoms with E-state index in [2.05, 4.69) is 0 Å². The van der Waals surface area contributed by atoms with Gasteiger partial charge in [0.1, 0.15) is 5.82 Å². The number of rotatable bonds is 1. The molecule has 3 heteroatoms. The number of nitrogen functional groups attached to an aromatic ring is 1. The summed E-state index contributed by atoms with van der Waals surface area (Å²) in [5, 5.41) is 0.536. The van der Waals surface area contributed by atoms with Crippen LogP contribution in [-0.2, 0) is 0 Å². The van der Waals surface area contributed by atoms with Crippen molar-refractivity contribution in [2.24, 2.45) is 0 Å². The summed E-state index contributed by atoms with van der Waals surface area (Å²) in [4.78, 5) is 0. The number of halogens is 2. The van der Waals surface area contributed by atoms with Crippen LogP contribution in [0.3, 0.4) is 0 Å². The zero-order valence-electron chi connectivity index (χ0n) is 8.80. The Kier molecular flexibility index (Phi) is 2.84. The van der Waals surface area contributed by atoms with Crippen LogP contribution in [0.1, 0.15) is 5.56 Å². The maximum atomic E-state index is 13.2. The molecule has 0 heterocycles. The van der Waals surface area contributed by atoms with E-state index in [1.807, 2.05) is 19.1 Å². The summed E-state index contributed by atoms with van der Waals surface area (Å²) in [6.07, 6.45) is 0. The van der Waals surface area contributed by atoms with E-state index < -0.39 is 0 Å². The summed E-state index contributed by atoms with van der Waals surface area (Å²) in [5.41, 5.74) is 8.93. The quantitative estimate of drug-likeness (QED) is 0.742. The minimum atomic E-state index is -0.296. The van der Waals surface area contributed by atoms with Crippen LogP contribution in [0.25, 0.3) is 11.1 Å². The highest BCUT2D eigenvalue weighted by molar-refractivity contribution is 6.33. The molecule has 0 bridgehead atoms. The Morgan fingerprint density at radius 3 is 2.50 bits per heavy atom. The smallest absolute Gasteiger partial charge is 0.123 e. The molecule has 2 aromatic rings. The van der Waals surface area contributed by atoms with Crippen LogP contribution in [0, 0.1) is 12.7 Å². The molecule has 0 amide bonds. The van der Waals surface area contributed by atoms with Gasteiger partial charge < -0.3 is 5.73 Å². The van der Waals surface area contributed by atoms with E-state index in [9.17, 15) is 4.39 Å². The van der Waals surface area contributed by atoms with Gasteiger partial charge in [-0.15, -0.1) is 0 Å². The molecule has 0 unspecified atom stereocenters. The fourth-order valence-electron chi connectivity index (χ4n) is 1.69. The van der Waals surface area contributed by atoms with Gasteiger partial charge in [0.05, 0.1) is 0 Å². The number of hydrogen-bond donors (Lipinski definition) is 1. The molecule has 0 aliphatic rings. The molecule has 0 saturated carbocycles. The molecule has 0 spiro atoms. The van der Waals surface area contributed by atoms with Crippen molar-refractivity contribution in [3.8, 4) is 11.1 Å². The second kappa shape index (κ2) is 4.14. The monoisotopic (exact) mass is 235 g/mol. The van der Waals surface area contributed by atoms with E-state index in [0.717, 1.165) is 11.1 Å². The fraction of sp³-hybridized carbons (Fsp3) is 0.0769. The van der Waals surface area contributed by atoms with Gasteiger partial charge in [-0.2, -0.15) is 0 Å². The van der Waals surface area contributed by atoms with E-state index in [-0.39, 0.29) is 5.82 Å². The number of nitrogens with two attached hydrogens (primary N) is 1. The zero-order chi connectivity index (χ0) is 11.7. The molecule has 1 nitrogen and oxygen atoms in total. The van der Waals surface area contributed by atoms with Crippen LogP contribution in [0.4, 0.5) is 10.1 Å². The summed E-state index contributed by atoms with van der Waals surface area (Å²) >= 11 is 6.04. The molecular formula is C13H11ClFN. The van der Waals surface area contributed by atoms with E-state index in [1.54, 1.807) is 12.1 Å². The molecule has 2 aromatic carbocycles. The predicted molar refractivity (Wildman–Crippen MR) is 66.0 cm³/mol. The molecule has 82 valence electrons. The molecule has 0 aliphatic heterocycles. The Bertz CT molecular complexity index is 537. The molecule has 0 atom stereocenters. The van der Waals surface area contributed by atoms with Crippen LogP contribution in [0.2, 0.25) is 5.02 Å². The Morgan fingerprint density at radius 2 is 1.81 bits per heavy atom. The first kappa shape index (κ1) is 11.0. The largest absolute Gasteiger partial charge is 0.399 e. The summed E-state index contributed by atoms with van der Waals surface area (Å²) < 4.78 is 13.2. The second-order valence-corrected chi connectivity index (χ2v) is 4.11. The number of hydrogen-bond acceptors (Lipinski definition) is 1. The summed E-state index contributed by atoms with van der Waals surface area (Å²) in [7, 11) is 0. The Morgan fingerprint density at radius 1 is 1.06 bits per heavy atom. The van der Waals surface area contributed by atoms with Crippen LogP contribution >= 0.6 is 11.6 Å². The number of benzene rings is 2. The van der Waals surface area contributed by atoms with Crippen molar-refractivity contribution in [2.75, 3.05) is 5.73 Å². The van der Waals surface area contributed by atoms with Crippen molar-refractivity contribution in [3.05, 3.63) is 52.8 Å². The molecule has 2 N–H and O–H groups in total. The molecular weight excluding hydrogens is 225 g/mol. The van der Waals surface area contributed by atoms with Crippen LogP contribution in [0.15, 0.2) is 36.4 Å². The lowest BCUT2D eigenvalue weighted by Gasteiger charge is -2.09. The summed E-state index contributed by atoms with van der Waals surface area (Å²) in [6, 6.07) is 9.81. The molecule has 0 fully saturated rings. The van der Waals surface area contributed by atoms with Crippen molar-refractivity contribution in [1.29, 1.82) is 0 Å². The highest BCUT2D eigenvalue weighted by atomic mass is 35.5. The van der Waals surface area contributed by atoms with Crippen molar-refractivity contribution >= 4 is 17.3 Å². The first-order chi connectivity index (χ1) is 7.58. The average molecular weight is 236 g/mol. The third kappa shape index (κ3) is 2.02. The Balaban J connectivity index is 2.62. The minimum absolute atomic E-state index is 0.296. The van der Waals surface area contributed by atoms with Gasteiger partial charge in [0, 0.05) is 16.3 Å². The van der Waals surface area contributed by atoms with Gasteiger partial charge >= 0.3 is 0 Å². The van der Waals surface area contributed by atoms with Gasteiger partial charge in [-0.1, -0.05) is 17.7 Å². The number of aryl methyl sites for hydroxylation is 1. The van der Waals surface area contributed by atoms with E-state index in [4.69, 9.17) is 17.3 Å². The molecule has 0 aliphatic carbocycles. The normalized spacial score (nSPS) is 10.4. The molecule has 16 heavy (non-hydrogen) atoms. The van der Waals surface area contributed by atoms with E-state index >= 15 is 0 Å². The Labute approximate surface area is 98.7 Å². The lowest BCUT2D eigenvalue weighted by atomic mass is 10.00. The van der Waals surface area contributed by atoms with Gasteiger partial charge in [0.25, 0.3) is 0 Å². The molecule has 0 aromatic heterocycles. The fourth-order valence-corrected chi connectivity index (χ4v) is 1.91. The van der Waals surface area contributed by atoms with Gasteiger partial charge in [-0.25, -0.2) is 4.39 Å². The minimum Gasteiger partial charge on any atom is -0.399 e. The average Bonchev–Trinajstić information content (AvgIpc) is 2.22. The maximum Gasteiger partial charge on any atom is 0.123 e. The predicted octanol–water partition coefficient (Wildman–Crippen LogP) is 4.04. The standard InChI is InChI=1S/C13H11ClFN/c1-8-6-10(16)3-4-11(8)12-7-9(15)2-5-13(12)14/h2-7H,16H2,1H3. The van der Waals surface area contributed by atoms with Crippen molar-refractivity contribution in [1.82, 2.24) is 0 Å². The SMILES string of the molecule is Cc1cc(N)ccc1-c1cc(F)ccc1Cl. The van der Waals surface area contributed by atoms with Gasteiger partial charge in [0.15, 0.2) is 0 Å². The highest BCUT2D eigenvalue weighted by Crippen LogP contribution is 2.31. The van der Waals surface area contributed by atoms with Gasteiger partial charge in [0.2, 0.25) is 0 Å². The van der Waals surface area contributed by atoms with Gasteiger partial charge in [-0.05, 0) is 48.4 Å². The second-order valence-electron chi connectivity index (χ2n) is 3.70. The zero-order valence-corrected chi connectivity index (χ0v) is 9.55. The maximum absolute atomic E-state index is 13.2. The Hall–Kier alpha value is -1.54. The van der Waals surface area contributed by atoms with Crippen LogP contribution in [-0.4, -0.2) is 0 Å². The third-order valence-electron chi connectivity index (χ3n) is 2.47. The van der Waals surface area contributed by atoms with Crippen LogP contribution < -0.4 is 5.73 Å². The summed E-state index contributed by atoms with van der Waals surface area (Å²) in [6.45, 7) is 1.92. The van der Waals surface area contributed by atoms with Crippen molar-refractivity contribution in [2.45, 2.75) is 6.92 Å². The topological polar surface area (TPSA) is 26.0 Å². The summed E-state index contributed by atoms with van der Waals surface area (Å²) in [5.74, 6) is -0.296. The number of anilines is 1. The van der Waals surface area contributed by atoms with E-state index in [0.29, 0.717) is 16.3 Å². The van der Waals surface area contributed by atoms with Gasteiger partial charge in [-0.3, -0.25) is 0 Å². The molecule has 2 rings (SSSR count). The van der Waals surface area contributed by atoms with Crippen LogP contribution in [0.5, 0.6) is 0 Å². The van der Waals surface area contributed by atoms with Crippen molar-refractivity contribution in [3.63, 3.8) is 0 Å².